The minimum absolute atomic E-state index is 0.0911. The van der Waals surface area contributed by atoms with Crippen molar-refractivity contribution >= 4 is 11.0 Å². The third kappa shape index (κ3) is 6.88. The molecule has 392 valence electrons. The lowest BCUT2D eigenvalue weighted by molar-refractivity contribution is 0.660. The fourth-order valence-corrected chi connectivity index (χ4v) is 15.2. The Labute approximate surface area is 481 Å². The van der Waals surface area contributed by atoms with Crippen molar-refractivity contribution in [1.29, 1.82) is 0 Å². The molecule has 11 aromatic carbocycles. The van der Waals surface area contributed by atoms with E-state index in [0.717, 1.165) is 55.8 Å². The van der Waals surface area contributed by atoms with Crippen LogP contribution in [-0.4, -0.2) is 9.97 Å². The molecule has 0 N–H and O–H groups in total. The molecule has 12 aromatic rings. The highest BCUT2D eigenvalue weighted by atomic mass is 14.8. The highest BCUT2D eigenvalue weighted by Crippen LogP contribution is 2.54. The normalized spacial score (nSPS) is 15.5. The van der Waals surface area contributed by atoms with Crippen LogP contribution in [0.4, 0.5) is 0 Å². The van der Waals surface area contributed by atoms with Crippen LogP contribution in [0.2, 0.25) is 0 Å². The summed E-state index contributed by atoms with van der Waals surface area (Å²) in [6, 6.07) is 86.5. The lowest BCUT2D eigenvalue weighted by atomic mass is 9.81. The van der Waals surface area contributed by atoms with Crippen LogP contribution in [0.25, 0.3) is 123 Å². The molecule has 0 unspecified atom stereocenters. The van der Waals surface area contributed by atoms with Gasteiger partial charge < -0.3 is 0 Å². The van der Waals surface area contributed by atoms with Gasteiger partial charge in [-0.15, -0.1) is 0 Å². The second-order valence-corrected chi connectivity index (χ2v) is 25.7. The Morgan fingerprint density at radius 3 is 0.720 bits per heavy atom. The van der Waals surface area contributed by atoms with Gasteiger partial charge in [-0.2, -0.15) is 0 Å². The van der Waals surface area contributed by atoms with Crippen molar-refractivity contribution in [3.8, 4) is 112 Å². The van der Waals surface area contributed by atoms with E-state index in [1.165, 1.54) is 111 Å². The minimum Gasteiger partial charge on any atom is -0.243 e. The molecule has 0 saturated heterocycles. The van der Waals surface area contributed by atoms with E-state index in [4.69, 9.17) is 9.97 Å². The SMILES string of the molecule is CC1(C)c2ccccc2-c2ccc(-c3ccc(-c4nc5c(-c6ccc7c(c6)C(C)(C)c6ccccc6-7)ccc(-c6ccc7c(c6)C(C)(C)c6ccccc6-7)c5nc4-c4ccc(-c5ccc6c(c5)C(C)(C)c5ccccc5-6)cc4)cc3)cc21. The molecule has 0 saturated carbocycles. The quantitative estimate of drug-likeness (QED) is 0.166. The van der Waals surface area contributed by atoms with Crippen LogP contribution in [0.5, 0.6) is 0 Å². The van der Waals surface area contributed by atoms with Gasteiger partial charge in [-0.1, -0.05) is 262 Å². The van der Waals surface area contributed by atoms with Gasteiger partial charge in [0.15, 0.2) is 0 Å². The van der Waals surface area contributed by atoms with E-state index in [2.05, 4.69) is 286 Å². The van der Waals surface area contributed by atoms with Crippen molar-refractivity contribution in [2.24, 2.45) is 0 Å². The molecule has 0 amide bonds. The zero-order valence-electron chi connectivity index (χ0n) is 47.8. The predicted molar refractivity (Wildman–Crippen MR) is 342 cm³/mol. The Bertz CT molecular complexity index is 4420. The summed E-state index contributed by atoms with van der Waals surface area (Å²) in [5, 5.41) is 0. The first kappa shape index (κ1) is 48.6. The van der Waals surface area contributed by atoms with Gasteiger partial charge in [-0.25, -0.2) is 9.97 Å². The molecule has 0 spiro atoms. The van der Waals surface area contributed by atoms with Gasteiger partial charge in [0.05, 0.1) is 22.4 Å². The Hall–Kier alpha value is -9.24. The maximum absolute atomic E-state index is 5.97. The molecular formula is C80H62N2. The molecule has 16 rings (SSSR count). The summed E-state index contributed by atoms with van der Waals surface area (Å²) >= 11 is 0. The number of benzene rings is 11. The van der Waals surface area contributed by atoms with E-state index in [-0.39, 0.29) is 21.7 Å². The number of aromatic nitrogens is 2. The van der Waals surface area contributed by atoms with E-state index in [1.54, 1.807) is 0 Å². The molecule has 4 aliphatic carbocycles. The van der Waals surface area contributed by atoms with Crippen LogP contribution in [0, 0.1) is 0 Å². The molecular weight excluding hydrogens is 989 g/mol. The van der Waals surface area contributed by atoms with Gasteiger partial charge in [0, 0.05) is 43.9 Å². The number of fused-ring (bicyclic) bond motifs is 13. The molecule has 82 heavy (non-hydrogen) atoms. The topological polar surface area (TPSA) is 25.8 Å². The van der Waals surface area contributed by atoms with Crippen molar-refractivity contribution in [3.63, 3.8) is 0 Å². The average molecular weight is 1050 g/mol. The Morgan fingerprint density at radius 1 is 0.195 bits per heavy atom. The van der Waals surface area contributed by atoms with Crippen LogP contribution in [0.3, 0.4) is 0 Å². The van der Waals surface area contributed by atoms with Gasteiger partial charge in [0.1, 0.15) is 0 Å². The van der Waals surface area contributed by atoms with E-state index in [0.29, 0.717) is 0 Å². The average Bonchev–Trinajstić information content (AvgIpc) is 2.68. The van der Waals surface area contributed by atoms with Gasteiger partial charge in [-0.3, -0.25) is 0 Å². The Balaban J connectivity index is 0.889. The van der Waals surface area contributed by atoms with Crippen molar-refractivity contribution in [2.75, 3.05) is 0 Å². The van der Waals surface area contributed by atoms with Crippen molar-refractivity contribution in [3.05, 3.63) is 275 Å². The Kier molecular flexibility index (Phi) is 10.2. The molecule has 0 atom stereocenters. The fourth-order valence-electron chi connectivity index (χ4n) is 15.2. The van der Waals surface area contributed by atoms with Crippen LogP contribution >= 0.6 is 0 Å². The molecule has 0 aliphatic heterocycles. The van der Waals surface area contributed by atoms with E-state index in [1.807, 2.05) is 0 Å². The highest BCUT2D eigenvalue weighted by molar-refractivity contribution is 6.04. The van der Waals surface area contributed by atoms with Crippen LogP contribution in [0.15, 0.2) is 231 Å². The first-order chi connectivity index (χ1) is 39.7. The van der Waals surface area contributed by atoms with Gasteiger partial charge in [-0.05, 0) is 147 Å². The molecule has 2 heteroatoms. The van der Waals surface area contributed by atoms with Crippen LogP contribution in [-0.2, 0) is 21.7 Å². The highest BCUT2D eigenvalue weighted by Gasteiger charge is 2.39. The molecule has 0 fully saturated rings. The van der Waals surface area contributed by atoms with Crippen molar-refractivity contribution in [1.82, 2.24) is 9.97 Å². The van der Waals surface area contributed by atoms with Crippen LogP contribution < -0.4 is 0 Å². The molecule has 1 heterocycles. The van der Waals surface area contributed by atoms with Crippen molar-refractivity contribution < 1.29 is 0 Å². The second-order valence-electron chi connectivity index (χ2n) is 25.7. The second kappa shape index (κ2) is 17.1. The molecule has 0 radical (unpaired) electrons. The summed E-state index contributed by atoms with van der Waals surface area (Å²) in [5.74, 6) is 0. The van der Waals surface area contributed by atoms with Gasteiger partial charge in [0.25, 0.3) is 0 Å². The van der Waals surface area contributed by atoms with Gasteiger partial charge >= 0.3 is 0 Å². The first-order valence-electron chi connectivity index (χ1n) is 29.2. The maximum Gasteiger partial charge on any atom is 0.0979 e. The number of nitrogens with zero attached hydrogens (tertiary/aromatic N) is 2. The summed E-state index contributed by atoms with van der Waals surface area (Å²) in [4.78, 5) is 11.9. The summed E-state index contributed by atoms with van der Waals surface area (Å²) < 4.78 is 0. The standard InChI is InChI=1S/C80H62N2/c1-77(2)65-21-13-9-17-57(65)61-37-33-51(43-69(61)77)47-25-29-49(30-26-47)73-74(50-31-27-48(28-32-50)52-34-38-62-58-18-10-14-22-66(58)78(3,4)70(62)44-52)82-76-56(54-36-40-64-60-20-12-16-24-68(60)80(7,8)72(64)46-54)42-41-55(75(76)81-73)53-35-39-63-59-19-11-15-23-67(59)79(5,6)71(63)45-53/h9-46H,1-8H3. The molecule has 0 bridgehead atoms. The number of rotatable bonds is 6. The molecule has 1 aromatic heterocycles. The third-order valence-corrected chi connectivity index (χ3v) is 19.8. The predicted octanol–water partition coefficient (Wildman–Crippen LogP) is 20.9. The zero-order chi connectivity index (χ0) is 55.6. The number of hydrogen-bond acceptors (Lipinski definition) is 2. The van der Waals surface area contributed by atoms with E-state index < -0.39 is 0 Å². The smallest absolute Gasteiger partial charge is 0.0979 e. The zero-order valence-corrected chi connectivity index (χ0v) is 47.8. The lowest BCUT2D eigenvalue weighted by Crippen LogP contribution is -2.15. The van der Waals surface area contributed by atoms with Crippen molar-refractivity contribution in [2.45, 2.75) is 77.0 Å². The Morgan fingerprint density at radius 2 is 0.415 bits per heavy atom. The lowest BCUT2D eigenvalue weighted by Gasteiger charge is -2.23. The van der Waals surface area contributed by atoms with Crippen LogP contribution in [0.1, 0.15) is 99.9 Å². The van der Waals surface area contributed by atoms with Gasteiger partial charge in [0.2, 0.25) is 0 Å². The summed E-state index contributed by atoms with van der Waals surface area (Å²) in [7, 11) is 0. The number of hydrogen-bond donors (Lipinski definition) is 0. The molecule has 4 aliphatic rings. The third-order valence-electron chi connectivity index (χ3n) is 19.8. The summed E-state index contributed by atoms with van der Waals surface area (Å²) in [6.07, 6.45) is 0. The molecule has 2 nitrogen and oxygen atoms in total. The maximum atomic E-state index is 5.97. The summed E-state index contributed by atoms with van der Waals surface area (Å²) in [6.45, 7) is 18.9. The fraction of sp³-hybridized carbons (Fsp3) is 0.150. The van der Waals surface area contributed by atoms with E-state index >= 15 is 0 Å². The monoisotopic (exact) mass is 1050 g/mol. The largest absolute Gasteiger partial charge is 0.243 e. The summed E-state index contributed by atoms with van der Waals surface area (Å²) in [5.41, 5.74) is 35.6. The minimum atomic E-state index is -0.163. The van der Waals surface area contributed by atoms with E-state index in [9.17, 15) is 0 Å². The first-order valence-corrected chi connectivity index (χ1v) is 29.2.